The lowest BCUT2D eigenvalue weighted by Gasteiger charge is -2.05. The van der Waals surface area contributed by atoms with Gasteiger partial charge in [0.1, 0.15) is 17.3 Å². The van der Waals surface area contributed by atoms with Crippen LogP contribution in [0.1, 0.15) is 16.8 Å². The topological polar surface area (TPSA) is 90.4 Å². The summed E-state index contributed by atoms with van der Waals surface area (Å²) in [5.41, 5.74) is 7.48. The number of ether oxygens (including phenoxy) is 1. The third kappa shape index (κ3) is 2.50. The minimum absolute atomic E-state index is 0.0414. The third-order valence-electron chi connectivity index (χ3n) is 3.04. The molecule has 2 rings (SSSR count). The molecule has 0 fully saturated rings. The molecule has 0 aliphatic carbocycles. The normalized spacial score (nSPS) is 10.5. The van der Waals surface area contributed by atoms with Crippen molar-refractivity contribution in [1.82, 2.24) is 9.78 Å². The minimum atomic E-state index is 0.0414. The van der Waals surface area contributed by atoms with Gasteiger partial charge in [-0.05, 0) is 18.6 Å². The van der Waals surface area contributed by atoms with E-state index in [0.717, 1.165) is 0 Å². The second-order valence-electron chi connectivity index (χ2n) is 4.27. The van der Waals surface area contributed by atoms with Gasteiger partial charge in [0, 0.05) is 18.7 Å². The van der Waals surface area contributed by atoms with Gasteiger partial charge in [0.25, 0.3) is 0 Å². The van der Waals surface area contributed by atoms with Crippen LogP contribution in [-0.4, -0.2) is 34.9 Å². The van der Waals surface area contributed by atoms with Crippen LogP contribution in [0.5, 0.6) is 5.75 Å². The molecule has 2 aromatic rings. The number of benzene rings is 1. The molecule has 0 aliphatic rings. The fourth-order valence-electron chi connectivity index (χ4n) is 2.04. The van der Waals surface area contributed by atoms with Crippen molar-refractivity contribution >= 4 is 12.1 Å². The number of hydrogen-bond acceptors (Lipinski definition) is 5. The van der Waals surface area contributed by atoms with Gasteiger partial charge in [-0.25, -0.2) is 4.68 Å². The number of rotatable bonds is 6. The van der Waals surface area contributed by atoms with Crippen LogP contribution >= 0.6 is 0 Å². The first-order valence-electron chi connectivity index (χ1n) is 6.28. The number of nitrogens with two attached hydrogens (primary N) is 1. The number of aldehydes is 1. The maximum absolute atomic E-state index is 11.3. The first kappa shape index (κ1) is 14.1. The number of aliphatic hydroxyl groups is 1. The SMILES string of the molecule is COc1ccccc1-c1nn(CCCO)c(N)c1C=O. The van der Waals surface area contributed by atoms with E-state index in [1.165, 1.54) is 4.68 Å². The van der Waals surface area contributed by atoms with Crippen LogP contribution in [0.4, 0.5) is 5.82 Å². The number of methoxy groups -OCH3 is 1. The Labute approximate surface area is 116 Å². The lowest BCUT2D eigenvalue weighted by Crippen LogP contribution is -2.06. The maximum atomic E-state index is 11.3. The fourth-order valence-corrected chi connectivity index (χ4v) is 2.04. The van der Waals surface area contributed by atoms with Crippen molar-refractivity contribution in [3.63, 3.8) is 0 Å². The average molecular weight is 275 g/mol. The van der Waals surface area contributed by atoms with E-state index in [-0.39, 0.29) is 6.61 Å². The molecule has 0 saturated carbocycles. The Morgan fingerprint density at radius 3 is 2.85 bits per heavy atom. The van der Waals surface area contributed by atoms with E-state index < -0.39 is 0 Å². The van der Waals surface area contributed by atoms with Crippen LogP contribution in [0.2, 0.25) is 0 Å². The van der Waals surface area contributed by atoms with Crippen LogP contribution in [0.15, 0.2) is 24.3 Å². The Morgan fingerprint density at radius 2 is 2.20 bits per heavy atom. The number of carbonyl (C=O) groups excluding carboxylic acids is 1. The number of aryl methyl sites for hydroxylation is 1. The van der Waals surface area contributed by atoms with Gasteiger partial charge in [-0.1, -0.05) is 12.1 Å². The largest absolute Gasteiger partial charge is 0.496 e. The summed E-state index contributed by atoms with van der Waals surface area (Å²) < 4.78 is 6.81. The molecule has 0 spiro atoms. The van der Waals surface area contributed by atoms with Gasteiger partial charge in [-0.15, -0.1) is 0 Å². The van der Waals surface area contributed by atoms with E-state index in [1.54, 1.807) is 13.2 Å². The molecule has 3 N–H and O–H groups in total. The van der Waals surface area contributed by atoms with Crippen LogP contribution < -0.4 is 10.5 Å². The van der Waals surface area contributed by atoms with Crippen LogP contribution in [0, 0.1) is 0 Å². The number of hydrogen-bond donors (Lipinski definition) is 2. The summed E-state index contributed by atoms with van der Waals surface area (Å²) >= 11 is 0. The zero-order valence-electron chi connectivity index (χ0n) is 11.2. The quantitative estimate of drug-likeness (QED) is 0.776. The molecule has 0 atom stereocenters. The molecule has 1 aromatic carbocycles. The predicted octanol–water partition coefficient (Wildman–Crippen LogP) is 1.34. The molecular formula is C14H17N3O3. The molecule has 20 heavy (non-hydrogen) atoms. The molecule has 6 nitrogen and oxygen atoms in total. The lowest BCUT2D eigenvalue weighted by atomic mass is 10.1. The van der Waals surface area contributed by atoms with Gasteiger partial charge in [-0.3, -0.25) is 4.79 Å². The van der Waals surface area contributed by atoms with Crippen molar-refractivity contribution in [2.45, 2.75) is 13.0 Å². The van der Waals surface area contributed by atoms with E-state index in [2.05, 4.69) is 5.10 Å². The monoisotopic (exact) mass is 275 g/mol. The highest BCUT2D eigenvalue weighted by Gasteiger charge is 2.18. The summed E-state index contributed by atoms with van der Waals surface area (Å²) in [5, 5.41) is 13.2. The van der Waals surface area contributed by atoms with Crippen molar-refractivity contribution < 1.29 is 14.6 Å². The Hall–Kier alpha value is -2.34. The summed E-state index contributed by atoms with van der Waals surface area (Å²) in [4.78, 5) is 11.3. The van der Waals surface area contributed by atoms with Crippen molar-refractivity contribution in [3.05, 3.63) is 29.8 Å². The first-order valence-corrected chi connectivity index (χ1v) is 6.28. The summed E-state index contributed by atoms with van der Waals surface area (Å²) in [6, 6.07) is 7.31. The molecule has 0 aliphatic heterocycles. The van der Waals surface area contributed by atoms with Crippen LogP contribution in [-0.2, 0) is 6.54 Å². The van der Waals surface area contributed by atoms with E-state index in [4.69, 9.17) is 15.6 Å². The standard InChI is InChI=1S/C14H17N3O3/c1-20-12-6-3-2-5-10(12)13-11(9-19)14(15)17(16-13)7-4-8-18/h2-3,5-6,9,18H,4,7-8,15H2,1H3. The molecule has 0 radical (unpaired) electrons. The van der Waals surface area contributed by atoms with E-state index in [0.29, 0.717) is 47.6 Å². The van der Waals surface area contributed by atoms with Crippen molar-refractivity contribution in [3.8, 4) is 17.0 Å². The number of aliphatic hydroxyl groups excluding tert-OH is 1. The van der Waals surface area contributed by atoms with Crippen LogP contribution in [0.3, 0.4) is 0 Å². The number of anilines is 1. The number of aromatic nitrogens is 2. The summed E-state index contributed by atoms with van der Waals surface area (Å²) in [7, 11) is 1.56. The lowest BCUT2D eigenvalue weighted by molar-refractivity contribution is 0.112. The molecule has 1 aromatic heterocycles. The van der Waals surface area contributed by atoms with Gasteiger partial charge < -0.3 is 15.6 Å². The fraction of sp³-hybridized carbons (Fsp3) is 0.286. The molecule has 1 heterocycles. The van der Waals surface area contributed by atoms with Gasteiger partial charge in [0.2, 0.25) is 0 Å². The maximum Gasteiger partial charge on any atom is 0.156 e. The first-order chi connectivity index (χ1) is 9.72. The van der Waals surface area contributed by atoms with Gasteiger partial charge >= 0.3 is 0 Å². The van der Waals surface area contributed by atoms with E-state index in [9.17, 15) is 4.79 Å². The predicted molar refractivity (Wildman–Crippen MR) is 75.7 cm³/mol. The Kier molecular flexibility index (Phi) is 4.37. The van der Waals surface area contributed by atoms with Gasteiger partial charge in [0.15, 0.2) is 6.29 Å². The second-order valence-corrected chi connectivity index (χ2v) is 4.27. The van der Waals surface area contributed by atoms with Crippen molar-refractivity contribution in [1.29, 1.82) is 0 Å². The Balaban J connectivity index is 2.53. The Bertz CT molecular complexity index is 608. The number of para-hydroxylation sites is 1. The smallest absolute Gasteiger partial charge is 0.156 e. The second kappa shape index (κ2) is 6.21. The molecule has 0 amide bonds. The zero-order valence-corrected chi connectivity index (χ0v) is 11.2. The van der Waals surface area contributed by atoms with E-state index >= 15 is 0 Å². The van der Waals surface area contributed by atoms with E-state index in [1.807, 2.05) is 18.2 Å². The molecule has 6 heteroatoms. The highest BCUT2D eigenvalue weighted by atomic mass is 16.5. The molecular weight excluding hydrogens is 258 g/mol. The molecule has 106 valence electrons. The number of nitrogen functional groups attached to an aromatic ring is 1. The van der Waals surface area contributed by atoms with Gasteiger partial charge in [-0.2, -0.15) is 5.10 Å². The number of carbonyl (C=O) groups is 1. The summed E-state index contributed by atoms with van der Waals surface area (Å²) in [6.07, 6.45) is 1.22. The third-order valence-corrected chi connectivity index (χ3v) is 3.04. The van der Waals surface area contributed by atoms with Gasteiger partial charge in [0.05, 0.1) is 12.7 Å². The Morgan fingerprint density at radius 1 is 1.45 bits per heavy atom. The average Bonchev–Trinajstić information content (AvgIpc) is 2.81. The zero-order chi connectivity index (χ0) is 14.5. The molecule has 0 unspecified atom stereocenters. The van der Waals surface area contributed by atoms with Crippen LogP contribution in [0.25, 0.3) is 11.3 Å². The number of nitrogens with zero attached hydrogens (tertiary/aromatic N) is 2. The molecule has 0 saturated heterocycles. The summed E-state index contributed by atoms with van der Waals surface area (Å²) in [5.74, 6) is 0.928. The summed E-state index contributed by atoms with van der Waals surface area (Å²) in [6.45, 7) is 0.498. The molecule has 0 bridgehead atoms. The highest BCUT2D eigenvalue weighted by molar-refractivity contribution is 5.92. The van der Waals surface area contributed by atoms with Crippen molar-refractivity contribution in [2.24, 2.45) is 0 Å². The van der Waals surface area contributed by atoms with Crippen molar-refractivity contribution in [2.75, 3.05) is 19.5 Å². The highest BCUT2D eigenvalue weighted by Crippen LogP contribution is 2.32. The minimum Gasteiger partial charge on any atom is -0.496 e.